The van der Waals surface area contributed by atoms with Gasteiger partial charge in [-0.1, -0.05) is 38.3 Å². The van der Waals surface area contributed by atoms with Crippen molar-refractivity contribution in [2.45, 2.75) is 96.8 Å². The molecule has 4 atom stereocenters. The van der Waals surface area contributed by atoms with Gasteiger partial charge in [-0.2, -0.15) is 4.39 Å². The standard InChI is InChI=1S/C30H42F2O2/c1-3-5-7-22-16-17-27(29(32)28(22)31)34-30(33)23-12-10-21(11-13-23)25-15-14-24-18-20(6-4-2)8-9-26(24)19-25/h3,16-17,20-21,23-26H,1,4-15,18-19H2,2H3. The molecule has 0 spiro atoms. The lowest BCUT2D eigenvalue weighted by atomic mass is 9.60. The third kappa shape index (κ3) is 5.91. The molecule has 0 heterocycles. The maximum Gasteiger partial charge on any atom is 0.314 e. The Morgan fingerprint density at radius 3 is 2.29 bits per heavy atom. The van der Waals surface area contributed by atoms with Gasteiger partial charge in [0.2, 0.25) is 5.82 Å². The highest BCUT2D eigenvalue weighted by Gasteiger charge is 2.39. The zero-order valence-electron chi connectivity index (χ0n) is 20.9. The SMILES string of the molecule is C=CCCc1ccc(OC(=O)C2CCC(C3CCC4CC(CCC)CCC4C3)CC2)c(F)c1F. The van der Waals surface area contributed by atoms with E-state index in [1.54, 1.807) is 6.08 Å². The molecule has 0 aromatic heterocycles. The van der Waals surface area contributed by atoms with Crippen LogP contribution in [0, 0.1) is 47.1 Å². The Hall–Kier alpha value is -1.71. The number of carbonyl (C=O) groups excluding carboxylic acids is 1. The Labute approximate surface area is 204 Å². The molecule has 0 N–H and O–H groups in total. The normalized spacial score (nSPS) is 31.5. The monoisotopic (exact) mass is 472 g/mol. The molecule has 34 heavy (non-hydrogen) atoms. The van der Waals surface area contributed by atoms with Crippen LogP contribution < -0.4 is 4.74 Å². The zero-order valence-corrected chi connectivity index (χ0v) is 20.9. The Morgan fingerprint density at radius 1 is 0.941 bits per heavy atom. The first kappa shape index (κ1) is 25.4. The van der Waals surface area contributed by atoms with Crippen molar-refractivity contribution in [2.75, 3.05) is 0 Å². The van der Waals surface area contributed by atoms with E-state index in [2.05, 4.69) is 13.5 Å². The molecule has 0 radical (unpaired) electrons. The molecule has 3 aliphatic carbocycles. The molecule has 1 aromatic rings. The lowest BCUT2D eigenvalue weighted by Crippen LogP contribution is -2.35. The van der Waals surface area contributed by atoms with Crippen LogP contribution in [0.3, 0.4) is 0 Å². The first-order valence-electron chi connectivity index (χ1n) is 13.8. The molecule has 4 heteroatoms. The van der Waals surface area contributed by atoms with E-state index in [1.807, 2.05) is 0 Å². The van der Waals surface area contributed by atoms with Gasteiger partial charge in [0, 0.05) is 0 Å². The second-order valence-electron chi connectivity index (χ2n) is 11.3. The number of carbonyl (C=O) groups is 1. The summed E-state index contributed by atoms with van der Waals surface area (Å²) in [6.45, 7) is 5.92. The van der Waals surface area contributed by atoms with Crippen molar-refractivity contribution in [3.05, 3.63) is 42.0 Å². The van der Waals surface area contributed by atoms with E-state index in [0.29, 0.717) is 18.8 Å². The van der Waals surface area contributed by atoms with E-state index < -0.39 is 17.6 Å². The molecule has 0 bridgehead atoms. The molecule has 188 valence electrons. The van der Waals surface area contributed by atoms with Crippen LogP contribution in [0.25, 0.3) is 0 Å². The number of ether oxygens (including phenoxy) is 1. The molecule has 0 amide bonds. The summed E-state index contributed by atoms with van der Waals surface area (Å²) < 4.78 is 34.1. The first-order valence-corrected chi connectivity index (χ1v) is 13.8. The smallest absolute Gasteiger partial charge is 0.314 e. The third-order valence-electron chi connectivity index (χ3n) is 9.19. The Kier molecular flexibility index (Phi) is 8.82. The number of allylic oxidation sites excluding steroid dienone is 1. The zero-order chi connectivity index (χ0) is 24.1. The van der Waals surface area contributed by atoms with E-state index in [-0.39, 0.29) is 17.2 Å². The summed E-state index contributed by atoms with van der Waals surface area (Å²) in [5.74, 6) is 1.45. The van der Waals surface area contributed by atoms with Crippen LogP contribution in [0.4, 0.5) is 8.78 Å². The maximum atomic E-state index is 14.4. The first-order chi connectivity index (χ1) is 16.5. The Bertz CT molecular complexity index is 842. The highest BCUT2D eigenvalue weighted by Crippen LogP contribution is 2.49. The molecule has 1 aromatic carbocycles. The quantitative estimate of drug-likeness (QED) is 0.216. The van der Waals surface area contributed by atoms with Gasteiger partial charge >= 0.3 is 5.97 Å². The van der Waals surface area contributed by atoms with Gasteiger partial charge in [0.05, 0.1) is 5.92 Å². The minimum atomic E-state index is -1.06. The van der Waals surface area contributed by atoms with Crippen molar-refractivity contribution < 1.29 is 18.3 Å². The molecule has 2 nitrogen and oxygen atoms in total. The molecule has 0 aliphatic heterocycles. The van der Waals surface area contributed by atoms with Gasteiger partial charge in [-0.3, -0.25) is 4.79 Å². The molecule has 0 saturated heterocycles. The summed E-state index contributed by atoms with van der Waals surface area (Å²) in [6, 6.07) is 2.89. The summed E-state index contributed by atoms with van der Waals surface area (Å²) in [4.78, 5) is 12.7. The summed E-state index contributed by atoms with van der Waals surface area (Å²) in [5, 5.41) is 0. The molecule has 3 fully saturated rings. The fourth-order valence-electron chi connectivity index (χ4n) is 7.24. The fourth-order valence-corrected chi connectivity index (χ4v) is 7.24. The average molecular weight is 473 g/mol. The van der Waals surface area contributed by atoms with Crippen LogP contribution in [0.15, 0.2) is 24.8 Å². The van der Waals surface area contributed by atoms with E-state index in [9.17, 15) is 13.6 Å². The van der Waals surface area contributed by atoms with Crippen molar-refractivity contribution in [1.29, 1.82) is 0 Å². The van der Waals surface area contributed by atoms with E-state index >= 15 is 0 Å². The van der Waals surface area contributed by atoms with Crippen molar-refractivity contribution in [3.63, 3.8) is 0 Å². The number of rotatable bonds is 8. The fraction of sp³-hybridized carbons (Fsp3) is 0.700. The number of esters is 1. The molecular weight excluding hydrogens is 430 g/mol. The number of hydrogen-bond donors (Lipinski definition) is 0. The van der Waals surface area contributed by atoms with Gasteiger partial charge in [0.25, 0.3) is 0 Å². The number of aryl methyl sites for hydroxylation is 1. The largest absolute Gasteiger partial charge is 0.423 e. The predicted molar refractivity (Wildman–Crippen MR) is 133 cm³/mol. The van der Waals surface area contributed by atoms with Crippen molar-refractivity contribution >= 4 is 5.97 Å². The van der Waals surface area contributed by atoms with Gasteiger partial charge in [-0.15, -0.1) is 6.58 Å². The molecule has 3 saturated carbocycles. The van der Waals surface area contributed by atoms with E-state index in [1.165, 1.54) is 63.5 Å². The summed E-state index contributed by atoms with van der Waals surface area (Å²) in [5.41, 5.74) is 0.284. The van der Waals surface area contributed by atoms with Crippen LogP contribution in [0.5, 0.6) is 5.75 Å². The summed E-state index contributed by atoms with van der Waals surface area (Å²) in [6.07, 6.45) is 17.5. The number of halogens is 2. The summed E-state index contributed by atoms with van der Waals surface area (Å²) >= 11 is 0. The van der Waals surface area contributed by atoms with Crippen LogP contribution in [-0.4, -0.2) is 5.97 Å². The van der Waals surface area contributed by atoms with Crippen LogP contribution in [-0.2, 0) is 11.2 Å². The maximum absolute atomic E-state index is 14.4. The van der Waals surface area contributed by atoms with Crippen molar-refractivity contribution in [1.82, 2.24) is 0 Å². The number of benzene rings is 1. The van der Waals surface area contributed by atoms with Crippen molar-refractivity contribution in [3.8, 4) is 5.75 Å². The topological polar surface area (TPSA) is 26.3 Å². The molecular formula is C30H42F2O2. The second kappa shape index (κ2) is 11.8. The molecule has 3 aliphatic rings. The van der Waals surface area contributed by atoms with Crippen molar-refractivity contribution in [2.24, 2.45) is 35.5 Å². The summed E-state index contributed by atoms with van der Waals surface area (Å²) in [7, 11) is 0. The van der Waals surface area contributed by atoms with Crippen LogP contribution in [0.1, 0.15) is 96.0 Å². The van der Waals surface area contributed by atoms with Gasteiger partial charge in [0.1, 0.15) is 0 Å². The third-order valence-corrected chi connectivity index (χ3v) is 9.19. The van der Waals surface area contributed by atoms with Gasteiger partial charge < -0.3 is 4.74 Å². The van der Waals surface area contributed by atoms with Crippen LogP contribution in [0.2, 0.25) is 0 Å². The Morgan fingerprint density at radius 2 is 1.59 bits per heavy atom. The number of hydrogen-bond acceptors (Lipinski definition) is 2. The highest BCUT2D eigenvalue weighted by atomic mass is 19.2. The highest BCUT2D eigenvalue weighted by molar-refractivity contribution is 5.75. The molecule has 4 unspecified atom stereocenters. The van der Waals surface area contributed by atoms with E-state index in [4.69, 9.17) is 4.74 Å². The second-order valence-corrected chi connectivity index (χ2v) is 11.3. The van der Waals surface area contributed by atoms with Gasteiger partial charge in [-0.25, -0.2) is 4.39 Å². The van der Waals surface area contributed by atoms with Gasteiger partial charge in [0.15, 0.2) is 11.6 Å². The lowest BCUT2D eigenvalue weighted by molar-refractivity contribution is -0.140. The minimum absolute atomic E-state index is 0.208. The lowest BCUT2D eigenvalue weighted by Gasteiger charge is -2.45. The average Bonchev–Trinajstić information content (AvgIpc) is 2.86. The van der Waals surface area contributed by atoms with Gasteiger partial charge in [-0.05, 0) is 112 Å². The minimum Gasteiger partial charge on any atom is -0.423 e. The predicted octanol–water partition coefficient (Wildman–Crippen LogP) is 8.43. The Balaban J connectivity index is 1.25. The van der Waals surface area contributed by atoms with E-state index in [0.717, 1.165) is 49.4 Å². The number of fused-ring (bicyclic) bond motifs is 1. The molecule has 4 rings (SSSR count). The van der Waals surface area contributed by atoms with Crippen LogP contribution >= 0.6 is 0 Å².